The fraction of sp³-hybridized carbons (Fsp3) is 0.629. The summed E-state index contributed by atoms with van der Waals surface area (Å²) in [7, 11) is 5.24. The highest BCUT2D eigenvalue weighted by Crippen LogP contribution is 2.58. The zero-order valence-electron chi connectivity index (χ0n) is 28.3. The van der Waals surface area contributed by atoms with Crippen molar-refractivity contribution >= 4 is 35.4 Å². The van der Waals surface area contributed by atoms with Crippen LogP contribution in [0.25, 0.3) is 0 Å². The molecule has 3 amide bonds. The number of nitrogens with two attached hydrogens (primary N) is 1. The molecule has 0 aromatic heterocycles. The van der Waals surface area contributed by atoms with E-state index in [1.54, 1.807) is 20.0 Å². The maximum absolute atomic E-state index is 14.3. The van der Waals surface area contributed by atoms with Crippen molar-refractivity contribution < 1.29 is 23.6 Å². The van der Waals surface area contributed by atoms with E-state index in [0.717, 1.165) is 57.0 Å². The molecular weight excluding hydrogens is 601 g/mol. The predicted molar refractivity (Wildman–Crippen MR) is 181 cm³/mol. The molecule has 5 rings (SSSR count). The van der Waals surface area contributed by atoms with Crippen molar-refractivity contribution in [3.63, 3.8) is 0 Å². The van der Waals surface area contributed by atoms with Crippen LogP contribution in [0.15, 0.2) is 35.5 Å². The van der Waals surface area contributed by atoms with Crippen molar-refractivity contribution in [2.45, 2.75) is 82.2 Å². The van der Waals surface area contributed by atoms with Gasteiger partial charge < -0.3 is 36.3 Å². The second-order valence-corrected chi connectivity index (χ2v) is 13.5. The van der Waals surface area contributed by atoms with Gasteiger partial charge in [-0.3, -0.25) is 19.4 Å². The molecule has 4 aliphatic rings. The molecular formula is C35H52FN7O4. The van der Waals surface area contributed by atoms with E-state index in [9.17, 15) is 23.6 Å². The third kappa shape index (κ3) is 8.77. The number of rotatable bonds is 11. The molecule has 0 radical (unpaired) electrons. The number of nitrogens with zero attached hydrogens (tertiary/aromatic N) is 3. The quantitative estimate of drug-likeness (QED) is 0.212. The lowest BCUT2D eigenvalue weighted by atomic mass is 9.76. The predicted octanol–water partition coefficient (Wildman–Crippen LogP) is 2.75. The number of carbonyl (C=O) groups excluding carboxylic acids is 4. The summed E-state index contributed by atoms with van der Waals surface area (Å²) in [6, 6.07) is 4.01. The Hall–Kier alpha value is -3.80. The van der Waals surface area contributed by atoms with E-state index in [-0.39, 0.29) is 35.2 Å². The number of anilines is 1. The van der Waals surface area contributed by atoms with Crippen molar-refractivity contribution in [2.24, 2.45) is 22.1 Å². The SMILES string of the molecule is CCC(=O)NC(C(=O)N1CCN(C)CC1)C1(c2ccc(NC)c(F)c2)CC1.CN=C(/C=C\N)C(=O)NC(C=O)C1CCCC2(CC2)C1. The lowest BCUT2D eigenvalue weighted by Gasteiger charge is -2.37. The van der Waals surface area contributed by atoms with Gasteiger partial charge in [-0.1, -0.05) is 19.4 Å². The number of hydrogen-bond donors (Lipinski definition) is 4. The number of aldehydes is 1. The highest BCUT2D eigenvalue weighted by Gasteiger charge is 2.55. The fourth-order valence-electron chi connectivity index (χ4n) is 7.08. The zero-order chi connectivity index (χ0) is 34.2. The van der Waals surface area contributed by atoms with E-state index in [4.69, 9.17) is 5.73 Å². The summed E-state index contributed by atoms with van der Waals surface area (Å²) in [5.41, 5.74) is 6.70. The number of benzene rings is 1. The zero-order valence-corrected chi connectivity index (χ0v) is 28.3. The summed E-state index contributed by atoms with van der Waals surface area (Å²) in [5, 5.41) is 8.55. The summed E-state index contributed by atoms with van der Waals surface area (Å²) in [6.07, 6.45) is 12.5. The number of carbonyl (C=O) groups is 4. The molecule has 1 spiro atoms. The van der Waals surface area contributed by atoms with Crippen LogP contribution < -0.4 is 21.7 Å². The average Bonchev–Trinajstić information content (AvgIpc) is 4.03. The fourth-order valence-corrected chi connectivity index (χ4v) is 7.08. The minimum absolute atomic E-state index is 0.0551. The summed E-state index contributed by atoms with van der Waals surface area (Å²) < 4.78 is 14.3. The van der Waals surface area contributed by atoms with Gasteiger partial charge in [0.2, 0.25) is 11.8 Å². The molecule has 47 heavy (non-hydrogen) atoms. The van der Waals surface area contributed by atoms with Gasteiger partial charge in [0.15, 0.2) is 0 Å². The Kier molecular flexibility index (Phi) is 12.2. The number of likely N-dealkylation sites (N-methyl/N-ethyl adjacent to an activating group) is 1. The lowest BCUT2D eigenvalue weighted by molar-refractivity contribution is -0.138. The molecule has 1 aliphatic heterocycles. The average molecular weight is 654 g/mol. The topological polar surface area (TPSA) is 149 Å². The molecule has 5 N–H and O–H groups in total. The molecule has 3 aliphatic carbocycles. The lowest BCUT2D eigenvalue weighted by Crippen LogP contribution is -2.58. The molecule has 12 heteroatoms. The maximum Gasteiger partial charge on any atom is 0.270 e. The molecule has 1 aromatic rings. The molecule has 1 aromatic carbocycles. The number of piperazine rings is 1. The van der Waals surface area contributed by atoms with Crippen LogP contribution >= 0.6 is 0 Å². The minimum atomic E-state index is -0.645. The number of amides is 3. The Morgan fingerprint density at radius 3 is 2.34 bits per heavy atom. The van der Waals surface area contributed by atoms with Gasteiger partial charge in [-0.2, -0.15) is 0 Å². The molecule has 0 bridgehead atoms. The standard InChI is InChI=1S/C20H29FN4O2.C15H23N3O2/c1-4-17(26)23-18(19(27)25-11-9-24(3)10-12-25)20(7-8-20)14-5-6-16(22-2)15(21)13-14;1-17-12(4-8-16)14(20)18-13(10-19)11-3-2-5-15(9-11)6-7-15/h5-6,13,18,22H,4,7-12H2,1-3H3,(H,23,26);4,8,10-11,13H,2-3,5-7,9,16H2,1H3,(H,18,20)/b;8-4-,17-12?. The molecule has 3 saturated carbocycles. The van der Waals surface area contributed by atoms with E-state index in [2.05, 4.69) is 25.8 Å². The van der Waals surface area contributed by atoms with Gasteiger partial charge in [-0.05, 0) is 93.3 Å². The Morgan fingerprint density at radius 1 is 1.11 bits per heavy atom. The van der Waals surface area contributed by atoms with E-state index in [0.29, 0.717) is 30.6 Å². The molecule has 1 saturated heterocycles. The monoisotopic (exact) mass is 653 g/mol. The molecule has 258 valence electrons. The number of nitrogens with one attached hydrogen (secondary N) is 3. The van der Waals surface area contributed by atoms with Gasteiger partial charge in [0, 0.05) is 52.1 Å². The van der Waals surface area contributed by atoms with Crippen LogP contribution in [-0.4, -0.2) is 98.9 Å². The van der Waals surface area contributed by atoms with Gasteiger partial charge in [0.05, 0.1) is 11.7 Å². The number of hydrogen-bond acceptors (Lipinski definition) is 8. The Morgan fingerprint density at radius 2 is 1.81 bits per heavy atom. The summed E-state index contributed by atoms with van der Waals surface area (Å²) in [6.45, 7) is 4.71. The van der Waals surface area contributed by atoms with E-state index in [1.807, 2.05) is 18.0 Å². The first-order chi connectivity index (χ1) is 22.5. The van der Waals surface area contributed by atoms with Gasteiger partial charge in [0.1, 0.15) is 23.9 Å². The molecule has 11 nitrogen and oxygen atoms in total. The van der Waals surface area contributed by atoms with Gasteiger partial charge >= 0.3 is 0 Å². The third-order valence-electron chi connectivity index (χ3n) is 10.5. The van der Waals surface area contributed by atoms with E-state index < -0.39 is 17.5 Å². The first kappa shape index (κ1) is 36.0. The maximum atomic E-state index is 14.3. The van der Waals surface area contributed by atoms with Gasteiger partial charge in [-0.25, -0.2) is 4.39 Å². The van der Waals surface area contributed by atoms with E-state index in [1.165, 1.54) is 44.7 Å². The van der Waals surface area contributed by atoms with Crippen LogP contribution in [0, 0.1) is 17.2 Å². The Labute approximate surface area is 278 Å². The molecule has 4 fully saturated rings. The Bertz CT molecular complexity index is 1350. The normalized spacial score (nSPS) is 22.8. The van der Waals surface area contributed by atoms with Gasteiger partial charge in [0.25, 0.3) is 5.91 Å². The Balaban J connectivity index is 0.000000223. The minimum Gasteiger partial charge on any atom is -0.405 e. The number of halogens is 1. The van der Waals surface area contributed by atoms with Crippen LogP contribution in [0.2, 0.25) is 0 Å². The van der Waals surface area contributed by atoms with Crippen molar-refractivity contribution in [2.75, 3.05) is 52.6 Å². The first-order valence-corrected chi connectivity index (χ1v) is 16.9. The van der Waals surface area contributed by atoms with Crippen LogP contribution in [0.3, 0.4) is 0 Å². The van der Waals surface area contributed by atoms with Crippen molar-refractivity contribution in [1.29, 1.82) is 0 Å². The van der Waals surface area contributed by atoms with Crippen LogP contribution in [0.1, 0.15) is 70.3 Å². The van der Waals surface area contributed by atoms with Gasteiger partial charge in [-0.15, -0.1) is 0 Å². The highest BCUT2D eigenvalue weighted by molar-refractivity contribution is 6.43. The summed E-state index contributed by atoms with van der Waals surface area (Å²) in [4.78, 5) is 56.7. The second-order valence-electron chi connectivity index (χ2n) is 13.5. The van der Waals surface area contributed by atoms with Crippen molar-refractivity contribution in [1.82, 2.24) is 20.4 Å². The first-order valence-electron chi connectivity index (χ1n) is 16.9. The van der Waals surface area contributed by atoms with Crippen molar-refractivity contribution in [3.05, 3.63) is 41.9 Å². The van der Waals surface area contributed by atoms with Crippen LogP contribution in [0.5, 0.6) is 0 Å². The van der Waals surface area contributed by atoms with Crippen LogP contribution in [-0.2, 0) is 24.6 Å². The largest absolute Gasteiger partial charge is 0.405 e. The second kappa shape index (κ2) is 15.9. The number of aliphatic imine (C=N–C) groups is 1. The molecule has 3 unspecified atom stereocenters. The van der Waals surface area contributed by atoms with Crippen LogP contribution in [0.4, 0.5) is 10.1 Å². The molecule has 3 atom stereocenters. The van der Waals surface area contributed by atoms with Crippen molar-refractivity contribution in [3.8, 4) is 0 Å². The summed E-state index contributed by atoms with van der Waals surface area (Å²) >= 11 is 0. The molecule has 1 heterocycles. The highest BCUT2D eigenvalue weighted by atomic mass is 19.1. The smallest absolute Gasteiger partial charge is 0.270 e. The van der Waals surface area contributed by atoms with E-state index >= 15 is 0 Å². The third-order valence-corrected chi connectivity index (χ3v) is 10.5. The summed E-state index contributed by atoms with van der Waals surface area (Å²) in [5.74, 6) is -0.621.